The van der Waals surface area contributed by atoms with E-state index in [1.165, 1.54) is 5.56 Å². The predicted octanol–water partition coefficient (Wildman–Crippen LogP) is 4.80. The van der Waals surface area contributed by atoms with Crippen LogP contribution in [-0.4, -0.2) is 32.9 Å². The van der Waals surface area contributed by atoms with Gasteiger partial charge >= 0.3 is 0 Å². The topological polar surface area (TPSA) is 57.0 Å². The molecule has 0 N–H and O–H groups in total. The highest BCUT2D eigenvalue weighted by molar-refractivity contribution is 8.00. The normalized spacial score (nSPS) is 16.7. The highest BCUT2D eigenvalue weighted by Gasteiger charge is 2.27. The van der Waals surface area contributed by atoms with Crippen molar-refractivity contribution in [3.8, 4) is 17.1 Å². The molecule has 1 saturated carbocycles. The number of Topliss-reactive ketones (excluding diaryl/α,β-unsaturated/α-hetero) is 1. The van der Waals surface area contributed by atoms with Crippen LogP contribution in [0.3, 0.4) is 0 Å². The Labute approximate surface area is 175 Å². The Bertz CT molecular complexity index is 971. The molecular weight excluding hydrogens is 382 g/mol. The van der Waals surface area contributed by atoms with Gasteiger partial charge in [0.05, 0.1) is 17.9 Å². The maximum atomic E-state index is 12.4. The summed E-state index contributed by atoms with van der Waals surface area (Å²) in [5.74, 6) is 1.88. The minimum atomic E-state index is -0.0195. The van der Waals surface area contributed by atoms with Crippen molar-refractivity contribution >= 4 is 17.5 Å². The van der Waals surface area contributed by atoms with Crippen LogP contribution in [-0.2, 0) is 17.8 Å². The lowest BCUT2D eigenvalue weighted by Gasteiger charge is -2.20. The minimum absolute atomic E-state index is 0.0195. The van der Waals surface area contributed by atoms with E-state index < -0.39 is 0 Å². The molecule has 2 aromatic carbocycles. The van der Waals surface area contributed by atoms with Crippen LogP contribution in [0.5, 0.6) is 5.75 Å². The maximum Gasteiger partial charge on any atom is 0.192 e. The van der Waals surface area contributed by atoms with Gasteiger partial charge < -0.3 is 9.30 Å². The highest BCUT2D eigenvalue weighted by Crippen LogP contribution is 2.35. The number of nitrogens with zero attached hydrogens (tertiary/aromatic N) is 3. The van der Waals surface area contributed by atoms with Gasteiger partial charge in [0.25, 0.3) is 0 Å². The van der Waals surface area contributed by atoms with Crippen LogP contribution < -0.4 is 4.74 Å². The third kappa shape index (κ3) is 4.53. The quantitative estimate of drug-likeness (QED) is 0.563. The van der Waals surface area contributed by atoms with Crippen molar-refractivity contribution in [3.05, 3.63) is 60.2 Å². The lowest BCUT2D eigenvalue weighted by atomic mass is 9.99. The van der Waals surface area contributed by atoms with Crippen LogP contribution in [0, 0.1) is 0 Å². The van der Waals surface area contributed by atoms with E-state index in [0.29, 0.717) is 12.2 Å². The molecule has 3 aromatic rings. The average molecular weight is 408 g/mol. The van der Waals surface area contributed by atoms with Gasteiger partial charge in [0.1, 0.15) is 11.5 Å². The second-order valence-electron chi connectivity index (χ2n) is 7.21. The number of rotatable bonds is 7. The first kappa shape index (κ1) is 19.7. The predicted molar refractivity (Wildman–Crippen MR) is 115 cm³/mol. The van der Waals surface area contributed by atoms with Crippen molar-refractivity contribution in [2.24, 2.45) is 0 Å². The molecule has 0 unspecified atom stereocenters. The third-order valence-electron chi connectivity index (χ3n) is 5.28. The van der Waals surface area contributed by atoms with E-state index in [2.05, 4.69) is 39.0 Å². The zero-order valence-electron chi connectivity index (χ0n) is 16.6. The molecule has 0 bridgehead atoms. The molecule has 0 amide bonds. The monoisotopic (exact) mass is 407 g/mol. The molecule has 1 aliphatic rings. The molecule has 0 aliphatic heterocycles. The Balaban J connectivity index is 1.67. The Kier molecular flexibility index (Phi) is 6.30. The van der Waals surface area contributed by atoms with Gasteiger partial charge in [-0.15, -0.1) is 10.2 Å². The first-order valence-corrected chi connectivity index (χ1v) is 10.9. The van der Waals surface area contributed by atoms with Crippen molar-refractivity contribution in [2.45, 2.75) is 49.1 Å². The van der Waals surface area contributed by atoms with Crippen molar-refractivity contribution in [2.75, 3.05) is 7.11 Å². The van der Waals surface area contributed by atoms with Crippen LogP contribution in [0.1, 0.15) is 31.2 Å². The molecule has 0 saturated heterocycles. The number of aromatic nitrogens is 3. The molecular formula is C23H25N3O2S. The highest BCUT2D eigenvalue weighted by atomic mass is 32.2. The molecule has 0 radical (unpaired) electrons. The van der Waals surface area contributed by atoms with Crippen LogP contribution >= 0.6 is 11.8 Å². The van der Waals surface area contributed by atoms with E-state index in [-0.39, 0.29) is 5.25 Å². The molecule has 1 heterocycles. The Morgan fingerprint density at radius 1 is 1.07 bits per heavy atom. The Hall–Kier alpha value is -2.60. The first-order chi connectivity index (χ1) is 14.3. The van der Waals surface area contributed by atoms with Gasteiger partial charge in [-0.05, 0) is 37.0 Å². The number of ether oxygens (including phenoxy) is 1. The van der Waals surface area contributed by atoms with Gasteiger partial charge in [-0.2, -0.15) is 0 Å². The molecule has 5 nitrogen and oxygen atoms in total. The van der Waals surface area contributed by atoms with Crippen LogP contribution in [0.4, 0.5) is 0 Å². The lowest BCUT2D eigenvalue weighted by molar-refractivity contribution is -0.119. The van der Waals surface area contributed by atoms with Crippen molar-refractivity contribution in [1.29, 1.82) is 0 Å². The molecule has 1 atom stereocenters. The van der Waals surface area contributed by atoms with E-state index in [1.54, 1.807) is 18.9 Å². The van der Waals surface area contributed by atoms with Gasteiger partial charge in [-0.1, -0.05) is 60.6 Å². The first-order valence-electron chi connectivity index (χ1n) is 10.1. The average Bonchev–Trinajstić information content (AvgIpc) is 3.16. The van der Waals surface area contributed by atoms with Crippen LogP contribution in [0.15, 0.2) is 59.8 Å². The number of carbonyl (C=O) groups excluding carboxylic acids is 1. The van der Waals surface area contributed by atoms with Crippen molar-refractivity contribution in [1.82, 2.24) is 14.8 Å². The standard InChI is InChI=1S/C23H25N3O2S/c1-28-20-13-7-5-11-18(20)22-24-25-23(29-21-14-8-6-12-19(21)27)26(22)16-15-17-9-3-2-4-10-17/h2-5,7,9-11,13,21H,6,8,12,14-16H2,1H3/t21-/m0/s1. The van der Waals surface area contributed by atoms with E-state index in [4.69, 9.17) is 4.74 Å². The minimum Gasteiger partial charge on any atom is -0.496 e. The Morgan fingerprint density at radius 3 is 2.66 bits per heavy atom. The smallest absolute Gasteiger partial charge is 0.192 e. The molecule has 150 valence electrons. The summed E-state index contributed by atoms with van der Waals surface area (Å²) < 4.78 is 7.69. The number of methoxy groups -OCH3 is 1. The van der Waals surface area contributed by atoms with E-state index in [9.17, 15) is 4.79 Å². The van der Waals surface area contributed by atoms with Crippen molar-refractivity contribution < 1.29 is 9.53 Å². The van der Waals surface area contributed by atoms with Gasteiger partial charge in [0, 0.05) is 13.0 Å². The van der Waals surface area contributed by atoms with Crippen molar-refractivity contribution in [3.63, 3.8) is 0 Å². The van der Waals surface area contributed by atoms with E-state index in [1.807, 2.05) is 30.3 Å². The number of aryl methyl sites for hydroxylation is 1. The SMILES string of the molecule is COc1ccccc1-c1nnc(S[C@H]2CCCCC2=O)n1CCc1ccccc1. The summed E-state index contributed by atoms with van der Waals surface area (Å²) in [7, 11) is 1.67. The number of hydrogen-bond donors (Lipinski definition) is 0. The third-order valence-corrected chi connectivity index (χ3v) is 6.57. The summed E-state index contributed by atoms with van der Waals surface area (Å²) in [4.78, 5) is 12.4. The van der Waals surface area contributed by atoms with E-state index in [0.717, 1.165) is 54.5 Å². The Morgan fingerprint density at radius 2 is 1.86 bits per heavy atom. The lowest BCUT2D eigenvalue weighted by Crippen LogP contribution is -2.22. The maximum absolute atomic E-state index is 12.4. The number of ketones is 1. The second-order valence-corrected chi connectivity index (χ2v) is 8.38. The molecule has 1 fully saturated rings. The summed E-state index contributed by atoms with van der Waals surface area (Å²) in [6, 6.07) is 18.3. The van der Waals surface area contributed by atoms with Gasteiger partial charge in [0.2, 0.25) is 0 Å². The number of hydrogen-bond acceptors (Lipinski definition) is 5. The van der Waals surface area contributed by atoms with Gasteiger partial charge in [-0.3, -0.25) is 4.79 Å². The second kappa shape index (κ2) is 9.27. The molecule has 6 heteroatoms. The van der Waals surface area contributed by atoms with Crippen LogP contribution in [0.25, 0.3) is 11.4 Å². The van der Waals surface area contributed by atoms with Gasteiger partial charge in [0.15, 0.2) is 11.0 Å². The summed E-state index contributed by atoms with van der Waals surface area (Å²) in [6.07, 6.45) is 4.56. The molecule has 1 aromatic heterocycles. The summed E-state index contributed by atoms with van der Waals surface area (Å²) in [5.41, 5.74) is 2.18. The zero-order valence-corrected chi connectivity index (χ0v) is 17.4. The largest absolute Gasteiger partial charge is 0.496 e. The van der Waals surface area contributed by atoms with E-state index >= 15 is 0 Å². The number of benzene rings is 2. The molecule has 4 rings (SSSR count). The zero-order chi connectivity index (χ0) is 20.1. The number of carbonyl (C=O) groups is 1. The summed E-state index contributed by atoms with van der Waals surface area (Å²) in [5, 5.41) is 9.76. The molecule has 0 spiro atoms. The van der Waals surface area contributed by atoms with Gasteiger partial charge in [-0.25, -0.2) is 0 Å². The fourth-order valence-corrected chi connectivity index (χ4v) is 4.88. The number of thioether (sulfide) groups is 1. The number of para-hydroxylation sites is 1. The summed E-state index contributed by atoms with van der Waals surface area (Å²) >= 11 is 1.56. The summed E-state index contributed by atoms with van der Waals surface area (Å²) in [6.45, 7) is 0.744. The molecule has 1 aliphatic carbocycles. The fourth-order valence-electron chi connectivity index (χ4n) is 3.69. The van der Waals surface area contributed by atoms with Crippen LogP contribution in [0.2, 0.25) is 0 Å². The fraction of sp³-hybridized carbons (Fsp3) is 0.348. The molecule has 29 heavy (non-hydrogen) atoms.